The van der Waals surface area contributed by atoms with Gasteiger partial charge in [0.25, 0.3) is 5.60 Å². The van der Waals surface area contributed by atoms with Crippen LogP contribution in [0, 0.1) is 5.92 Å². The summed E-state index contributed by atoms with van der Waals surface area (Å²) in [5.74, 6) is -10.1. The standard InChI is InChI=1S/C46H68O15/c1-27(2)25-32(48)55-35-34(56-43(15,16)53-17)44(24-23-28(3)33(54-30(5)47)29(4)26-31-21-19-18-20-22-31)57-36(37(49)58-40(6,7)8)45(52,38(50)59-41(9,10)11)46(35,61-44)39(51)60-42(12,13)14/h18-22,29,33-36,52H,1,3,23-26H2,2,4-17H3/t29?,33?,34-,35-,36-,44-,45-,46-/m1/s1. The highest BCUT2D eigenvalue weighted by Crippen LogP contribution is 2.59. The summed E-state index contributed by atoms with van der Waals surface area (Å²) in [4.78, 5) is 71.0. The van der Waals surface area contributed by atoms with Gasteiger partial charge in [0.05, 0.1) is 6.42 Å². The number of fused-ring (bicyclic) bond motifs is 2. The summed E-state index contributed by atoms with van der Waals surface area (Å²) in [7, 11) is 1.33. The van der Waals surface area contributed by atoms with Crippen LogP contribution in [0.1, 0.15) is 122 Å². The number of methoxy groups -OCH3 is 1. The van der Waals surface area contributed by atoms with Crippen molar-refractivity contribution in [3.8, 4) is 0 Å². The maximum atomic E-state index is 15.2. The van der Waals surface area contributed by atoms with Gasteiger partial charge in [0, 0.05) is 26.4 Å². The van der Waals surface area contributed by atoms with E-state index < -0.39 is 93.8 Å². The number of rotatable bonds is 17. The molecule has 342 valence electrons. The van der Waals surface area contributed by atoms with Gasteiger partial charge in [-0.2, -0.15) is 0 Å². The Morgan fingerprint density at radius 1 is 0.820 bits per heavy atom. The monoisotopic (exact) mass is 860 g/mol. The molecule has 8 atom stereocenters. The maximum absolute atomic E-state index is 15.2. The summed E-state index contributed by atoms with van der Waals surface area (Å²) in [5, 5.41) is 13.3. The first-order valence-corrected chi connectivity index (χ1v) is 20.5. The number of carbonyl (C=O) groups is 5. The van der Waals surface area contributed by atoms with Crippen LogP contribution in [0.3, 0.4) is 0 Å². The van der Waals surface area contributed by atoms with Crippen LogP contribution in [-0.2, 0) is 73.0 Å². The molecule has 15 heteroatoms. The van der Waals surface area contributed by atoms with E-state index in [4.69, 9.17) is 42.6 Å². The minimum Gasteiger partial charge on any atom is -0.458 e. The quantitative estimate of drug-likeness (QED) is 0.0784. The van der Waals surface area contributed by atoms with E-state index in [9.17, 15) is 24.3 Å². The van der Waals surface area contributed by atoms with Gasteiger partial charge in [0.15, 0.2) is 18.0 Å². The van der Waals surface area contributed by atoms with Crippen LogP contribution < -0.4 is 0 Å². The Balaban J connectivity index is 2.47. The third kappa shape index (κ3) is 12.3. The zero-order valence-electron chi connectivity index (χ0n) is 38.7. The fourth-order valence-electron chi connectivity index (χ4n) is 7.24. The van der Waals surface area contributed by atoms with Crippen LogP contribution in [0.25, 0.3) is 0 Å². The number of hydrogen-bond acceptors (Lipinski definition) is 15. The zero-order valence-corrected chi connectivity index (χ0v) is 38.7. The molecule has 0 amide bonds. The van der Waals surface area contributed by atoms with Crippen LogP contribution in [0.5, 0.6) is 0 Å². The van der Waals surface area contributed by atoms with Gasteiger partial charge in [-0.15, -0.1) is 0 Å². The average Bonchev–Trinajstić information content (AvgIpc) is 3.31. The third-order valence-corrected chi connectivity index (χ3v) is 9.75. The highest BCUT2D eigenvalue weighted by atomic mass is 16.8. The molecule has 0 saturated carbocycles. The predicted molar refractivity (Wildman–Crippen MR) is 222 cm³/mol. The number of benzene rings is 1. The van der Waals surface area contributed by atoms with E-state index in [2.05, 4.69) is 13.2 Å². The van der Waals surface area contributed by atoms with Crippen LogP contribution in [-0.4, -0.2) is 106 Å². The van der Waals surface area contributed by atoms with Gasteiger partial charge in [-0.25, -0.2) is 14.4 Å². The van der Waals surface area contributed by atoms with E-state index in [0.717, 1.165) is 5.56 Å². The van der Waals surface area contributed by atoms with Crippen LogP contribution in [0.15, 0.2) is 54.6 Å². The molecule has 2 heterocycles. The van der Waals surface area contributed by atoms with Gasteiger partial charge < -0.3 is 47.7 Å². The summed E-state index contributed by atoms with van der Waals surface area (Å²) in [6.07, 6.45) is -7.55. The molecule has 2 saturated heterocycles. The second-order valence-corrected chi connectivity index (χ2v) is 19.5. The lowest BCUT2D eigenvalue weighted by Gasteiger charge is -2.51. The number of esters is 5. The first-order chi connectivity index (χ1) is 27.7. The molecule has 2 aliphatic rings. The van der Waals surface area contributed by atoms with Gasteiger partial charge in [-0.3, -0.25) is 9.59 Å². The SMILES string of the molecule is C=C(C)CC(=O)O[C@@H]1[C@@H](OC(C)(C)OC)[C@]2(CCC(=C)C(OC(C)=O)C(C)Cc3ccccc3)O[C@H](C(=O)OC(C)(C)C)[C@@](O)(C(=O)OC(C)(C)C)[C@@]1(C(=O)OC(C)(C)C)O2. The molecular weight excluding hydrogens is 792 g/mol. The molecule has 2 unspecified atom stereocenters. The largest absolute Gasteiger partial charge is 0.458 e. The van der Waals surface area contributed by atoms with Crippen molar-refractivity contribution in [1.82, 2.24) is 0 Å². The van der Waals surface area contributed by atoms with E-state index in [-0.39, 0.29) is 25.2 Å². The van der Waals surface area contributed by atoms with E-state index in [1.807, 2.05) is 37.3 Å². The van der Waals surface area contributed by atoms with Crippen molar-refractivity contribution in [2.75, 3.05) is 7.11 Å². The molecule has 2 bridgehead atoms. The highest BCUT2D eigenvalue weighted by molar-refractivity contribution is 6.00. The Labute approximate surface area is 360 Å². The summed E-state index contributed by atoms with van der Waals surface area (Å²) in [6.45, 7) is 29.6. The van der Waals surface area contributed by atoms with Crippen molar-refractivity contribution in [3.63, 3.8) is 0 Å². The van der Waals surface area contributed by atoms with Crippen molar-refractivity contribution in [3.05, 3.63) is 60.2 Å². The van der Waals surface area contributed by atoms with E-state index in [1.54, 1.807) is 27.7 Å². The van der Waals surface area contributed by atoms with Crippen LogP contribution in [0.4, 0.5) is 0 Å². The minimum atomic E-state index is -3.50. The molecule has 0 spiro atoms. The fourth-order valence-corrected chi connectivity index (χ4v) is 7.24. The molecule has 0 radical (unpaired) electrons. The van der Waals surface area contributed by atoms with Gasteiger partial charge in [0.1, 0.15) is 22.9 Å². The van der Waals surface area contributed by atoms with Crippen molar-refractivity contribution < 1.29 is 71.7 Å². The van der Waals surface area contributed by atoms with Crippen molar-refractivity contribution >= 4 is 29.8 Å². The van der Waals surface area contributed by atoms with Crippen molar-refractivity contribution in [2.45, 2.75) is 187 Å². The molecule has 1 aromatic carbocycles. The lowest BCUT2D eigenvalue weighted by atomic mass is 9.74. The minimum absolute atomic E-state index is 0.104. The maximum Gasteiger partial charge on any atom is 0.347 e. The smallest absolute Gasteiger partial charge is 0.347 e. The fraction of sp³-hybridized carbons (Fsp3) is 0.674. The second-order valence-electron chi connectivity index (χ2n) is 19.5. The van der Waals surface area contributed by atoms with Crippen molar-refractivity contribution in [2.24, 2.45) is 5.92 Å². The van der Waals surface area contributed by atoms with Crippen LogP contribution >= 0.6 is 0 Å². The second kappa shape index (κ2) is 18.7. The molecule has 15 nitrogen and oxygen atoms in total. The summed E-state index contributed by atoms with van der Waals surface area (Å²) < 4.78 is 55.0. The molecule has 0 aromatic heterocycles. The van der Waals surface area contributed by atoms with E-state index in [1.165, 1.54) is 69.4 Å². The Bertz CT molecular complexity index is 1800. The number of aliphatic hydroxyl groups is 1. The van der Waals surface area contributed by atoms with Gasteiger partial charge >= 0.3 is 29.8 Å². The Kier molecular flexibility index (Phi) is 15.7. The first kappa shape index (κ1) is 51.2. The lowest BCUT2D eigenvalue weighted by Crippen LogP contribution is -2.79. The van der Waals surface area contributed by atoms with Crippen molar-refractivity contribution in [1.29, 1.82) is 0 Å². The summed E-state index contributed by atoms with van der Waals surface area (Å²) in [5.41, 5.74) is -8.86. The van der Waals surface area contributed by atoms with Gasteiger partial charge in [0.2, 0.25) is 17.5 Å². The van der Waals surface area contributed by atoms with E-state index in [0.29, 0.717) is 17.6 Å². The van der Waals surface area contributed by atoms with E-state index >= 15 is 4.79 Å². The molecule has 3 rings (SSSR count). The Morgan fingerprint density at radius 3 is 1.85 bits per heavy atom. The lowest BCUT2D eigenvalue weighted by molar-refractivity contribution is -0.387. The Morgan fingerprint density at radius 2 is 1.36 bits per heavy atom. The molecule has 1 aromatic rings. The molecular formula is C46H68O15. The molecule has 1 N–H and O–H groups in total. The number of carbonyl (C=O) groups excluding carboxylic acids is 5. The topological polar surface area (TPSA) is 189 Å². The molecule has 61 heavy (non-hydrogen) atoms. The van der Waals surface area contributed by atoms with Gasteiger partial charge in [-0.05, 0) is 107 Å². The first-order valence-electron chi connectivity index (χ1n) is 20.5. The number of ether oxygens (including phenoxy) is 9. The highest BCUT2D eigenvalue weighted by Gasteiger charge is 2.87. The predicted octanol–water partition coefficient (Wildman–Crippen LogP) is 6.40. The Hall–Kier alpha value is -4.15. The number of hydrogen-bond donors (Lipinski definition) is 1. The molecule has 2 aliphatic heterocycles. The zero-order chi connectivity index (χ0) is 46.7. The summed E-state index contributed by atoms with van der Waals surface area (Å²) in [6, 6.07) is 9.57. The third-order valence-electron chi connectivity index (χ3n) is 9.75. The summed E-state index contributed by atoms with van der Waals surface area (Å²) >= 11 is 0. The average molecular weight is 861 g/mol. The normalized spacial score (nSPS) is 26.3. The molecule has 2 fully saturated rings. The van der Waals surface area contributed by atoms with Crippen LogP contribution in [0.2, 0.25) is 0 Å². The van der Waals surface area contributed by atoms with Gasteiger partial charge in [-0.1, -0.05) is 56.0 Å². The molecule has 0 aliphatic carbocycles.